The fourth-order valence-corrected chi connectivity index (χ4v) is 4.06. The minimum Gasteiger partial charge on any atom is -0.495 e. The Morgan fingerprint density at radius 2 is 1.53 bits per heavy atom. The monoisotopic (exact) mass is 460 g/mol. The Bertz CT molecular complexity index is 1190. The van der Waals surface area contributed by atoms with Gasteiger partial charge in [-0.3, -0.25) is 9.59 Å². The quantitative estimate of drug-likeness (QED) is 0.523. The van der Waals surface area contributed by atoms with E-state index >= 15 is 0 Å². The lowest BCUT2D eigenvalue weighted by Gasteiger charge is -2.09. The van der Waals surface area contributed by atoms with Crippen molar-refractivity contribution >= 4 is 39.8 Å². The average Bonchev–Trinajstić information content (AvgIpc) is 3.09. The van der Waals surface area contributed by atoms with E-state index in [1.807, 2.05) is 0 Å². The molecule has 0 fully saturated rings. The molecule has 1 aromatic heterocycles. The van der Waals surface area contributed by atoms with Gasteiger partial charge in [-0.25, -0.2) is 13.6 Å². The third-order valence-corrected chi connectivity index (χ3v) is 5.72. The molecule has 2 aromatic carbocycles. The van der Waals surface area contributed by atoms with E-state index in [9.17, 15) is 23.2 Å². The van der Waals surface area contributed by atoms with Gasteiger partial charge in [-0.2, -0.15) is 0 Å². The Labute approximate surface area is 186 Å². The van der Waals surface area contributed by atoms with E-state index in [0.29, 0.717) is 11.4 Å². The van der Waals surface area contributed by atoms with Gasteiger partial charge in [-0.1, -0.05) is 18.2 Å². The summed E-state index contributed by atoms with van der Waals surface area (Å²) in [6.07, 6.45) is 0. The summed E-state index contributed by atoms with van der Waals surface area (Å²) in [4.78, 5) is 37.9. The molecular weight excluding hydrogens is 442 g/mol. The molecule has 0 atom stereocenters. The van der Waals surface area contributed by atoms with E-state index in [4.69, 9.17) is 9.47 Å². The molecule has 0 saturated heterocycles. The molecule has 2 N–H and O–H groups in total. The lowest BCUT2D eigenvalue weighted by atomic mass is 10.1. The number of nitrogens with one attached hydrogen (secondary N) is 2. The van der Waals surface area contributed by atoms with Gasteiger partial charge < -0.3 is 20.1 Å². The number of para-hydroxylation sites is 2. The lowest BCUT2D eigenvalue weighted by Crippen LogP contribution is -2.17. The number of hydrogen-bond acceptors (Lipinski definition) is 6. The van der Waals surface area contributed by atoms with Crippen LogP contribution in [0.15, 0.2) is 42.5 Å². The Kier molecular flexibility index (Phi) is 6.84. The molecule has 7 nitrogen and oxygen atoms in total. The molecule has 0 unspecified atom stereocenters. The van der Waals surface area contributed by atoms with Crippen LogP contribution in [0.25, 0.3) is 0 Å². The van der Waals surface area contributed by atoms with E-state index in [1.165, 1.54) is 14.0 Å². The molecule has 0 radical (unpaired) electrons. The van der Waals surface area contributed by atoms with Crippen molar-refractivity contribution in [3.63, 3.8) is 0 Å². The summed E-state index contributed by atoms with van der Waals surface area (Å²) in [7, 11) is 2.59. The molecule has 3 rings (SSSR count). The Balaban J connectivity index is 1.99. The number of carbonyl (C=O) groups excluding carboxylic acids is 3. The first kappa shape index (κ1) is 22.9. The normalized spacial score (nSPS) is 10.4. The zero-order valence-corrected chi connectivity index (χ0v) is 18.1. The highest BCUT2D eigenvalue weighted by molar-refractivity contribution is 7.19. The van der Waals surface area contributed by atoms with Gasteiger partial charge in [0.05, 0.1) is 30.3 Å². The van der Waals surface area contributed by atoms with E-state index in [1.54, 1.807) is 24.3 Å². The van der Waals surface area contributed by atoms with E-state index < -0.39 is 35.0 Å². The van der Waals surface area contributed by atoms with Gasteiger partial charge in [-0.05, 0) is 36.8 Å². The number of anilines is 2. The van der Waals surface area contributed by atoms with Gasteiger partial charge in [-0.15, -0.1) is 11.3 Å². The van der Waals surface area contributed by atoms with E-state index in [0.717, 1.165) is 36.6 Å². The number of thiophene rings is 1. The molecule has 0 spiro atoms. The summed E-state index contributed by atoms with van der Waals surface area (Å²) in [6.45, 7) is 1.50. The maximum Gasteiger partial charge on any atom is 0.341 e. The SMILES string of the molecule is COC(=O)c1c(NC(=O)c2c(F)cccc2F)sc(C(=O)Nc2ccccc2OC)c1C. The minimum atomic E-state index is -1.11. The molecule has 0 bridgehead atoms. The van der Waals surface area contributed by atoms with Crippen LogP contribution in [0.4, 0.5) is 19.5 Å². The van der Waals surface area contributed by atoms with E-state index in [-0.39, 0.29) is 21.0 Å². The molecular formula is C22H18F2N2O5S. The molecule has 0 aliphatic rings. The molecule has 0 aliphatic carbocycles. The molecule has 0 aliphatic heterocycles. The van der Waals surface area contributed by atoms with Gasteiger partial charge in [0.2, 0.25) is 0 Å². The first-order chi connectivity index (χ1) is 15.3. The number of esters is 1. The highest BCUT2D eigenvalue weighted by atomic mass is 32.1. The highest BCUT2D eigenvalue weighted by Crippen LogP contribution is 2.35. The fourth-order valence-electron chi connectivity index (χ4n) is 2.97. The zero-order valence-electron chi connectivity index (χ0n) is 17.2. The maximum atomic E-state index is 14.0. The second-order valence-electron chi connectivity index (χ2n) is 6.46. The average molecular weight is 460 g/mol. The molecule has 10 heteroatoms. The first-order valence-electron chi connectivity index (χ1n) is 9.19. The summed E-state index contributed by atoms with van der Waals surface area (Å²) in [6, 6.07) is 9.71. The van der Waals surface area contributed by atoms with Gasteiger partial charge in [0, 0.05) is 0 Å². The van der Waals surface area contributed by atoms with E-state index in [2.05, 4.69) is 10.6 Å². The van der Waals surface area contributed by atoms with Crippen molar-refractivity contribution in [1.82, 2.24) is 0 Å². The van der Waals surface area contributed by atoms with Crippen LogP contribution in [0.3, 0.4) is 0 Å². The Hall–Kier alpha value is -3.79. The third-order valence-electron chi connectivity index (χ3n) is 4.51. The van der Waals surface area contributed by atoms with Crippen molar-refractivity contribution in [3.05, 3.63) is 75.7 Å². The van der Waals surface area contributed by atoms with Crippen molar-refractivity contribution in [3.8, 4) is 5.75 Å². The number of carbonyl (C=O) groups is 3. The fraction of sp³-hybridized carbons (Fsp3) is 0.136. The molecule has 3 aromatic rings. The summed E-state index contributed by atoms with van der Waals surface area (Å²) < 4.78 is 37.9. The molecule has 32 heavy (non-hydrogen) atoms. The van der Waals surface area contributed by atoms with Crippen LogP contribution in [0.5, 0.6) is 5.75 Å². The van der Waals surface area contributed by atoms with Gasteiger partial charge >= 0.3 is 5.97 Å². The number of methoxy groups -OCH3 is 2. The number of ether oxygens (including phenoxy) is 2. The van der Waals surface area contributed by atoms with Crippen molar-refractivity contribution in [2.45, 2.75) is 6.92 Å². The largest absolute Gasteiger partial charge is 0.495 e. The second kappa shape index (κ2) is 9.56. The van der Waals surface area contributed by atoms with Gasteiger partial charge in [0.1, 0.15) is 27.9 Å². The van der Waals surface area contributed by atoms with Crippen LogP contribution in [-0.4, -0.2) is 32.0 Å². The molecule has 2 amide bonds. The summed E-state index contributed by atoms with van der Waals surface area (Å²) in [5.41, 5.74) is -0.271. The standard InChI is InChI=1S/C22H18F2N2O5S/c1-11-16(22(29)31-3)21(26-19(27)17-12(23)7-6-8-13(17)24)32-18(11)20(28)25-14-9-4-5-10-15(14)30-2/h4-10H,1-3H3,(H,25,28)(H,26,27). The predicted octanol–water partition coefficient (Wildman–Crippen LogP) is 4.63. The second-order valence-corrected chi connectivity index (χ2v) is 7.48. The molecule has 166 valence electrons. The minimum absolute atomic E-state index is 0.0767. The van der Waals surface area contributed by atoms with Crippen molar-refractivity contribution in [2.75, 3.05) is 24.9 Å². The topological polar surface area (TPSA) is 93.7 Å². The predicted molar refractivity (Wildman–Crippen MR) is 116 cm³/mol. The van der Waals surface area contributed by atoms with Crippen molar-refractivity contribution in [1.29, 1.82) is 0 Å². The van der Waals surface area contributed by atoms with Crippen molar-refractivity contribution < 1.29 is 32.6 Å². The number of benzene rings is 2. The van der Waals surface area contributed by atoms with Crippen LogP contribution in [0.2, 0.25) is 0 Å². The maximum absolute atomic E-state index is 14.0. The number of halogens is 2. The summed E-state index contributed by atoms with van der Waals surface area (Å²) in [5.74, 6) is -4.20. The first-order valence-corrected chi connectivity index (χ1v) is 10.0. The highest BCUT2D eigenvalue weighted by Gasteiger charge is 2.28. The summed E-state index contributed by atoms with van der Waals surface area (Å²) >= 11 is 0.775. The summed E-state index contributed by atoms with van der Waals surface area (Å²) in [5, 5.41) is 4.92. The van der Waals surface area contributed by atoms with Crippen LogP contribution in [0, 0.1) is 18.6 Å². The zero-order chi connectivity index (χ0) is 23.4. The Morgan fingerprint density at radius 1 is 0.875 bits per heavy atom. The number of amides is 2. The third kappa shape index (κ3) is 4.45. The lowest BCUT2D eigenvalue weighted by molar-refractivity contribution is 0.0601. The number of rotatable bonds is 6. The molecule has 1 heterocycles. The van der Waals surface area contributed by atoms with Crippen LogP contribution in [0.1, 0.15) is 36.0 Å². The van der Waals surface area contributed by atoms with Crippen LogP contribution < -0.4 is 15.4 Å². The molecule has 0 saturated carbocycles. The van der Waals surface area contributed by atoms with Crippen LogP contribution >= 0.6 is 11.3 Å². The van der Waals surface area contributed by atoms with Gasteiger partial charge in [0.25, 0.3) is 11.8 Å². The number of hydrogen-bond donors (Lipinski definition) is 2. The van der Waals surface area contributed by atoms with Crippen LogP contribution in [-0.2, 0) is 4.74 Å². The smallest absolute Gasteiger partial charge is 0.341 e. The van der Waals surface area contributed by atoms with Crippen molar-refractivity contribution in [2.24, 2.45) is 0 Å². The Morgan fingerprint density at radius 3 is 2.16 bits per heavy atom. The van der Waals surface area contributed by atoms with Gasteiger partial charge in [0.15, 0.2) is 0 Å².